The van der Waals surface area contributed by atoms with Crippen LogP contribution in [0.4, 0.5) is 5.95 Å². The van der Waals surface area contributed by atoms with E-state index in [-0.39, 0.29) is 45.8 Å². The molecule has 0 radical (unpaired) electrons. The molecule has 1 atom stereocenters. The molecule has 1 aliphatic carbocycles. The van der Waals surface area contributed by atoms with Crippen LogP contribution in [0.5, 0.6) is 5.88 Å². The number of sulfonamides is 1. The van der Waals surface area contributed by atoms with Gasteiger partial charge in [-0.1, -0.05) is 52.0 Å². The fourth-order valence-corrected chi connectivity index (χ4v) is 7.41. The smallest absolute Gasteiger partial charge is 0.335 e. The topological polar surface area (TPSA) is 161 Å². The fourth-order valence-electron chi connectivity index (χ4n) is 6.42. The first kappa shape index (κ1) is 35.9. The molecule has 268 valence electrons. The Morgan fingerprint density at radius 1 is 1.04 bits per heavy atom. The molecule has 1 saturated carbocycles. The average molecular weight is 712 g/mol. The van der Waals surface area contributed by atoms with E-state index in [0.717, 1.165) is 64.6 Å². The Bertz CT molecular complexity index is 2200. The highest BCUT2D eigenvalue weighted by Crippen LogP contribution is 2.49. The fraction of sp³-hybridized carbons (Fsp3) is 0.395. The van der Waals surface area contributed by atoms with Crippen LogP contribution in [0.3, 0.4) is 0 Å². The normalized spacial score (nSPS) is 14.7. The summed E-state index contributed by atoms with van der Waals surface area (Å²) in [5, 5.41) is 13.0. The molecule has 0 bridgehead atoms. The number of aryl methyl sites for hydroxylation is 3. The number of hydrogen-bond donors (Lipinski definition) is 3. The molecular formula is C38H45N7O5S. The molecule has 0 amide bonds. The van der Waals surface area contributed by atoms with E-state index in [2.05, 4.69) is 58.3 Å². The lowest BCUT2D eigenvalue weighted by atomic mass is 9.92. The third-order valence-corrected chi connectivity index (χ3v) is 10.8. The van der Waals surface area contributed by atoms with Crippen molar-refractivity contribution in [3.05, 3.63) is 88.9 Å². The Morgan fingerprint density at radius 2 is 1.75 bits per heavy atom. The van der Waals surface area contributed by atoms with Crippen molar-refractivity contribution in [2.75, 3.05) is 11.3 Å². The summed E-state index contributed by atoms with van der Waals surface area (Å²) in [4.78, 5) is 30.0. The molecule has 1 aliphatic rings. The van der Waals surface area contributed by atoms with Crippen LogP contribution < -0.4 is 14.8 Å². The van der Waals surface area contributed by atoms with Crippen LogP contribution in [-0.4, -0.2) is 56.6 Å². The van der Waals surface area contributed by atoms with E-state index in [9.17, 15) is 18.3 Å². The number of ether oxygens (including phenoxy) is 1. The maximum atomic E-state index is 13.4. The molecule has 3 heterocycles. The summed E-state index contributed by atoms with van der Waals surface area (Å²) in [6, 6.07) is 14.7. The van der Waals surface area contributed by atoms with Crippen molar-refractivity contribution < 1.29 is 23.1 Å². The van der Waals surface area contributed by atoms with Crippen LogP contribution in [0.2, 0.25) is 0 Å². The van der Waals surface area contributed by atoms with E-state index in [1.165, 1.54) is 18.2 Å². The van der Waals surface area contributed by atoms with Crippen LogP contribution in [0.15, 0.2) is 65.7 Å². The van der Waals surface area contributed by atoms with Crippen LogP contribution in [0.25, 0.3) is 22.4 Å². The quantitative estimate of drug-likeness (QED) is 0.122. The van der Waals surface area contributed by atoms with E-state index in [1.54, 1.807) is 6.07 Å². The van der Waals surface area contributed by atoms with Crippen molar-refractivity contribution in [3.8, 4) is 17.1 Å². The second-order valence-corrected chi connectivity index (χ2v) is 16.6. The Kier molecular flexibility index (Phi) is 9.64. The minimum atomic E-state index is -4.24. The van der Waals surface area contributed by atoms with Gasteiger partial charge >= 0.3 is 5.97 Å². The first-order chi connectivity index (χ1) is 24.0. The van der Waals surface area contributed by atoms with E-state index in [4.69, 9.17) is 14.7 Å². The summed E-state index contributed by atoms with van der Waals surface area (Å²) in [7, 11) is -2.21. The van der Waals surface area contributed by atoms with Gasteiger partial charge in [0.1, 0.15) is 12.1 Å². The molecule has 13 heteroatoms. The second kappa shape index (κ2) is 13.7. The highest BCUT2D eigenvalue weighted by molar-refractivity contribution is 7.92. The zero-order valence-electron chi connectivity index (χ0n) is 30.1. The largest absolute Gasteiger partial charge is 0.478 e. The van der Waals surface area contributed by atoms with Gasteiger partial charge < -0.3 is 19.7 Å². The lowest BCUT2D eigenvalue weighted by Gasteiger charge is -2.22. The number of anilines is 1. The molecule has 51 heavy (non-hydrogen) atoms. The van der Waals surface area contributed by atoms with Crippen molar-refractivity contribution in [1.82, 2.24) is 29.8 Å². The number of aromatic nitrogens is 5. The van der Waals surface area contributed by atoms with Gasteiger partial charge in [0, 0.05) is 42.4 Å². The number of carboxylic acid groups (broad SMARTS) is 1. The Labute approximate surface area is 298 Å². The van der Waals surface area contributed by atoms with Crippen LogP contribution in [0.1, 0.15) is 79.8 Å². The second-order valence-electron chi connectivity index (χ2n) is 14.9. The molecule has 0 spiro atoms. The Morgan fingerprint density at radius 3 is 2.41 bits per heavy atom. The number of carboxylic acids is 1. The molecule has 3 aromatic heterocycles. The van der Waals surface area contributed by atoms with E-state index in [1.807, 2.05) is 45.3 Å². The predicted molar refractivity (Wildman–Crippen MR) is 196 cm³/mol. The monoisotopic (exact) mass is 711 g/mol. The Balaban J connectivity index is 1.27. The number of aromatic carboxylic acids is 1. The molecule has 0 aliphatic heterocycles. The lowest BCUT2D eigenvalue weighted by Crippen LogP contribution is -2.36. The molecular weight excluding hydrogens is 667 g/mol. The minimum absolute atomic E-state index is 0.0402. The summed E-state index contributed by atoms with van der Waals surface area (Å²) in [5.41, 5.74) is 6.93. The van der Waals surface area contributed by atoms with Gasteiger partial charge in [-0.2, -0.15) is 4.98 Å². The third kappa shape index (κ3) is 8.20. The molecule has 0 saturated heterocycles. The Hall–Kier alpha value is -4.88. The summed E-state index contributed by atoms with van der Waals surface area (Å²) in [6.07, 6.45) is 4.95. The summed E-state index contributed by atoms with van der Waals surface area (Å²) in [5.74, 6) is -1.22. The van der Waals surface area contributed by atoms with E-state index in [0.29, 0.717) is 12.2 Å². The number of carbonyl (C=O) groups is 1. The van der Waals surface area contributed by atoms with Gasteiger partial charge in [0.2, 0.25) is 11.8 Å². The van der Waals surface area contributed by atoms with Gasteiger partial charge in [0.25, 0.3) is 10.0 Å². The van der Waals surface area contributed by atoms with Gasteiger partial charge in [0.05, 0.1) is 28.0 Å². The summed E-state index contributed by atoms with van der Waals surface area (Å²) >= 11 is 0. The molecule has 1 fully saturated rings. The van der Waals surface area contributed by atoms with E-state index >= 15 is 0 Å². The predicted octanol–water partition coefficient (Wildman–Crippen LogP) is 6.57. The number of benzene rings is 2. The maximum Gasteiger partial charge on any atom is 0.335 e. The number of nitrogens with one attached hydrogen (secondary N) is 2. The van der Waals surface area contributed by atoms with Crippen molar-refractivity contribution in [2.45, 2.75) is 83.7 Å². The van der Waals surface area contributed by atoms with Gasteiger partial charge in [0.15, 0.2) is 5.65 Å². The standard InChI is InChI=1S/C38H45N7O5S/c1-23-10-8-11-24(2)33(23)29-18-32(43-36(42-29)44-51(48,49)28-13-9-12-25(16-28)35(46)47)50-22-26(19-38(6)14-15-38)39-20-27-21-40-30-17-31(37(3,4)5)45(7)34(30)41-27/h8-13,16-18,21,26,39H,14-15,19-20,22H2,1-7H3,(H,46,47)(H,42,43,44). The first-order valence-electron chi connectivity index (χ1n) is 17.0. The maximum absolute atomic E-state index is 13.4. The summed E-state index contributed by atoms with van der Waals surface area (Å²) in [6.45, 7) is 13.5. The number of rotatable bonds is 13. The number of hydrogen-bond acceptors (Lipinski definition) is 9. The minimum Gasteiger partial charge on any atom is -0.478 e. The zero-order chi connectivity index (χ0) is 36.7. The molecule has 5 aromatic rings. The van der Waals surface area contributed by atoms with Crippen LogP contribution >= 0.6 is 0 Å². The third-order valence-electron chi connectivity index (χ3n) is 9.46. The van der Waals surface area contributed by atoms with Gasteiger partial charge in [-0.3, -0.25) is 4.98 Å². The van der Waals surface area contributed by atoms with Gasteiger partial charge in [-0.25, -0.2) is 27.9 Å². The van der Waals surface area contributed by atoms with Gasteiger partial charge in [-0.15, -0.1) is 0 Å². The van der Waals surface area contributed by atoms with Crippen molar-refractivity contribution in [3.63, 3.8) is 0 Å². The molecule has 12 nitrogen and oxygen atoms in total. The molecule has 2 aromatic carbocycles. The SMILES string of the molecule is Cc1cccc(C)c1-c1cc(OCC(CC2(C)CC2)NCc2cnc3cc(C(C)(C)C)n(C)c3n2)nc(NS(=O)(=O)c2cccc(C(=O)O)c2)n1. The van der Waals surface area contributed by atoms with Crippen LogP contribution in [0, 0.1) is 19.3 Å². The van der Waals surface area contributed by atoms with Crippen molar-refractivity contribution in [2.24, 2.45) is 12.5 Å². The number of fused-ring (bicyclic) bond motifs is 1. The highest BCUT2D eigenvalue weighted by Gasteiger charge is 2.39. The lowest BCUT2D eigenvalue weighted by molar-refractivity contribution is 0.0696. The van der Waals surface area contributed by atoms with Crippen LogP contribution in [-0.2, 0) is 29.0 Å². The molecule has 1 unspecified atom stereocenters. The molecule has 3 N–H and O–H groups in total. The molecule has 6 rings (SSSR count). The number of nitrogens with zero attached hydrogens (tertiary/aromatic N) is 5. The van der Waals surface area contributed by atoms with E-state index < -0.39 is 16.0 Å². The van der Waals surface area contributed by atoms with Gasteiger partial charge in [-0.05, 0) is 73.9 Å². The summed E-state index contributed by atoms with van der Waals surface area (Å²) < 4.78 is 37.8. The zero-order valence-corrected chi connectivity index (χ0v) is 30.9. The average Bonchev–Trinajstić information content (AvgIpc) is 3.69. The van der Waals surface area contributed by atoms with Crippen molar-refractivity contribution >= 4 is 33.1 Å². The van der Waals surface area contributed by atoms with Crippen molar-refractivity contribution in [1.29, 1.82) is 0 Å². The highest BCUT2D eigenvalue weighted by atomic mass is 32.2. The first-order valence-corrected chi connectivity index (χ1v) is 18.5.